The SMILES string of the molecule is Cc1sc2nc(-c3cccnc3)nc(Nc3ccc4c(c3)NC(=O)CO4)c2c1C. The third-order valence-electron chi connectivity index (χ3n) is 4.82. The summed E-state index contributed by atoms with van der Waals surface area (Å²) in [6.45, 7) is 4.20. The molecule has 4 aromatic rings. The van der Waals surface area contributed by atoms with Crippen LogP contribution in [0.2, 0.25) is 0 Å². The Balaban J connectivity index is 1.62. The molecule has 0 unspecified atom stereocenters. The Hall–Kier alpha value is -3.52. The van der Waals surface area contributed by atoms with E-state index in [1.54, 1.807) is 23.7 Å². The van der Waals surface area contributed by atoms with E-state index in [4.69, 9.17) is 14.7 Å². The number of hydrogen-bond acceptors (Lipinski definition) is 7. The molecule has 0 radical (unpaired) electrons. The number of hydrogen-bond donors (Lipinski definition) is 2. The van der Waals surface area contributed by atoms with Gasteiger partial charge in [-0.2, -0.15) is 0 Å². The van der Waals surface area contributed by atoms with E-state index >= 15 is 0 Å². The minimum absolute atomic E-state index is 0.0359. The number of benzene rings is 1. The molecule has 0 aliphatic carbocycles. The van der Waals surface area contributed by atoms with Crippen molar-refractivity contribution in [2.45, 2.75) is 13.8 Å². The van der Waals surface area contributed by atoms with E-state index in [1.807, 2.05) is 30.3 Å². The average molecular weight is 403 g/mol. The number of carbonyl (C=O) groups is 1. The fourth-order valence-electron chi connectivity index (χ4n) is 3.26. The van der Waals surface area contributed by atoms with Gasteiger partial charge in [0.25, 0.3) is 5.91 Å². The van der Waals surface area contributed by atoms with Gasteiger partial charge in [0.15, 0.2) is 12.4 Å². The largest absolute Gasteiger partial charge is 0.482 e. The van der Waals surface area contributed by atoms with E-state index in [9.17, 15) is 4.79 Å². The first-order chi connectivity index (χ1) is 14.1. The Morgan fingerprint density at radius 2 is 2.10 bits per heavy atom. The number of anilines is 3. The molecule has 2 N–H and O–H groups in total. The molecule has 5 rings (SSSR count). The molecule has 7 nitrogen and oxygen atoms in total. The third kappa shape index (κ3) is 3.17. The Morgan fingerprint density at radius 3 is 2.93 bits per heavy atom. The fraction of sp³-hybridized carbons (Fsp3) is 0.143. The number of ether oxygens (including phenoxy) is 1. The van der Waals surface area contributed by atoms with Crippen LogP contribution in [0.25, 0.3) is 21.6 Å². The summed E-state index contributed by atoms with van der Waals surface area (Å²) in [4.78, 5) is 27.5. The van der Waals surface area contributed by atoms with Gasteiger partial charge in [0.2, 0.25) is 0 Å². The number of pyridine rings is 1. The van der Waals surface area contributed by atoms with Crippen LogP contribution < -0.4 is 15.4 Å². The normalized spacial score (nSPS) is 13.0. The van der Waals surface area contributed by atoms with Gasteiger partial charge in [0.1, 0.15) is 16.4 Å². The molecule has 1 aliphatic heterocycles. The highest BCUT2D eigenvalue weighted by molar-refractivity contribution is 7.18. The summed E-state index contributed by atoms with van der Waals surface area (Å²) in [5.41, 5.74) is 3.45. The summed E-state index contributed by atoms with van der Waals surface area (Å²) in [5.74, 6) is 1.83. The lowest BCUT2D eigenvalue weighted by atomic mass is 10.2. The highest BCUT2D eigenvalue weighted by Gasteiger charge is 2.18. The minimum atomic E-state index is -0.165. The van der Waals surface area contributed by atoms with Crippen LogP contribution in [0.5, 0.6) is 5.75 Å². The number of aryl methyl sites for hydroxylation is 2. The second kappa shape index (κ2) is 6.82. The lowest BCUT2D eigenvalue weighted by Crippen LogP contribution is -2.25. The number of aromatic nitrogens is 3. The molecule has 144 valence electrons. The van der Waals surface area contributed by atoms with Gasteiger partial charge < -0.3 is 15.4 Å². The first-order valence-electron chi connectivity index (χ1n) is 9.10. The maximum Gasteiger partial charge on any atom is 0.262 e. The lowest BCUT2D eigenvalue weighted by molar-refractivity contribution is -0.118. The summed E-state index contributed by atoms with van der Waals surface area (Å²) in [6.07, 6.45) is 3.48. The maximum atomic E-state index is 11.6. The smallest absolute Gasteiger partial charge is 0.262 e. The summed E-state index contributed by atoms with van der Waals surface area (Å²) in [7, 11) is 0. The number of nitrogens with zero attached hydrogens (tertiary/aromatic N) is 3. The molecule has 8 heteroatoms. The second-order valence-corrected chi connectivity index (χ2v) is 7.98. The van der Waals surface area contributed by atoms with Crippen LogP contribution in [0.4, 0.5) is 17.2 Å². The van der Waals surface area contributed by atoms with Crippen LogP contribution in [0.3, 0.4) is 0 Å². The number of amides is 1. The Bertz CT molecular complexity index is 1250. The van der Waals surface area contributed by atoms with Gasteiger partial charge in [-0.1, -0.05) is 0 Å². The van der Waals surface area contributed by atoms with Gasteiger partial charge in [-0.3, -0.25) is 9.78 Å². The van der Waals surface area contributed by atoms with E-state index in [2.05, 4.69) is 29.5 Å². The molecule has 3 aromatic heterocycles. The van der Waals surface area contributed by atoms with Crippen LogP contribution in [0.1, 0.15) is 10.4 Å². The molecule has 0 fully saturated rings. The highest BCUT2D eigenvalue weighted by atomic mass is 32.1. The van der Waals surface area contributed by atoms with Crippen molar-refractivity contribution in [1.82, 2.24) is 15.0 Å². The predicted molar refractivity (Wildman–Crippen MR) is 114 cm³/mol. The topological polar surface area (TPSA) is 89.0 Å². The van der Waals surface area contributed by atoms with Crippen molar-refractivity contribution in [2.75, 3.05) is 17.2 Å². The molecule has 0 saturated heterocycles. The molecule has 0 bridgehead atoms. The molecular weight excluding hydrogens is 386 g/mol. The molecular formula is C21H17N5O2S. The standard InChI is InChI=1S/C21H17N5O2S/c1-11-12(2)29-21-18(11)20(25-19(26-21)13-4-3-7-22-9-13)23-14-5-6-16-15(8-14)24-17(27)10-28-16/h3-9H,10H2,1-2H3,(H,24,27)(H,23,25,26). The molecule has 1 aromatic carbocycles. The number of fused-ring (bicyclic) bond motifs is 2. The summed E-state index contributed by atoms with van der Waals surface area (Å²) in [5, 5.41) is 7.24. The van der Waals surface area contributed by atoms with E-state index in [1.165, 1.54) is 4.88 Å². The van der Waals surface area contributed by atoms with Crippen molar-refractivity contribution in [1.29, 1.82) is 0 Å². The summed E-state index contributed by atoms with van der Waals surface area (Å²) < 4.78 is 5.44. The summed E-state index contributed by atoms with van der Waals surface area (Å²) in [6, 6.07) is 9.40. The van der Waals surface area contributed by atoms with Crippen molar-refractivity contribution in [3.05, 3.63) is 53.2 Å². The van der Waals surface area contributed by atoms with Crippen LogP contribution >= 0.6 is 11.3 Å². The third-order valence-corrected chi connectivity index (χ3v) is 5.92. The van der Waals surface area contributed by atoms with Crippen LogP contribution in [-0.2, 0) is 4.79 Å². The Morgan fingerprint density at radius 1 is 1.21 bits per heavy atom. The molecule has 1 amide bonds. The van der Waals surface area contributed by atoms with Crippen molar-refractivity contribution in [3.63, 3.8) is 0 Å². The minimum Gasteiger partial charge on any atom is -0.482 e. The predicted octanol–water partition coefficient (Wildman–Crippen LogP) is 4.44. The van der Waals surface area contributed by atoms with E-state index in [0.29, 0.717) is 17.3 Å². The maximum absolute atomic E-state index is 11.6. The van der Waals surface area contributed by atoms with Crippen LogP contribution in [0.15, 0.2) is 42.7 Å². The highest BCUT2D eigenvalue weighted by Crippen LogP contribution is 2.37. The van der Waals surface area contributed by atoms with E-state index in [-0.39, 0.29) is 12.5 Å². The average Bonchev–Trinajstić information content (AvgIpc) is 3.02. The van der Waals surface area contributed by atoms with E-state index < -0.39 is 0 Å². The lowest BCUT2D eigenvalue weighted by Gasteiger charge is -2.19. The van der Waals surface area contributed by atoms with Crippen molar-refractivity contribution in [2.24, 2.45) is 0 Å². The van der Waals surface area contributed by atoms with Crippen molar-refractivity contribution >= 4 is 44.7 Å². The number of thiophene rings is 1. The first-order valence-corrected chi connectivity index (χ1v) is 9.92. The van der Waals surface area contributed by atoms with Gasteiger partial charge >= 0.3 is 0 Å². The number of carbonyl (C=O) groups excluding carboxylic acids is 1. The monoisotopic (exact) mass is 403 g/mol. The summed E-state index contributed by atoms with van der Waals surface area (Å²) >= 11 is 1.65. The Kier molecular flexibility index (Phi) is 4.13. The molecule has 0 spiro atoms. The molecule has 0 saturated carbocycles. The van der Waals surface area contributed by atoms with Gasteiger partial charge in [0.05, 0.1) is 11.1 Å². The quantitative estimate of drug-likeness (QED) is 0.526. The van der Waals surface area contributed by atoms with Crippen molar-refractivity contribution in [3.8, 4) is 17.1 Å². The molecule has 0 atom stereocenters. The van der Waals surface area contributed by atoms with Crippen molar-refractivity contribution < 1.29 is 9.53 Å². The first kappa shape index (κ1) is 17.6. The molecule has 4 heterocycles. The zero-order chi connectivity index (χ0) is 20.0. The molecule has 1 aliphatic rings. The second-order valence-electron chi connectivity index (χ2n) is 6.77. The van der Waals surface area contributed by atoms with Crippen LogP contribution in [0, 0.1) is 13.8 Å². The van der Waals surface area contributed by atoms with E-state index in [0.717, 1.165) is 32.8 Å². The van der Waals surface area contributed by atoms with Gasteiger partial charge in [0, 0.05) is 28.5 Å². The Labute approximate surface area is 170 Å². The molecule has 29 heavy (non-hydrogen) atoms. The number of nitrogens with one attached hydrogen (secondary N) is 2. The van der Waals surface area contributed by atoms with Crippen LogP contribution in [-0.4, -0.2) is 27.5 Å². The number of rotatable bonds is 3. The zero-order valence-corrected chi connectivity index (χ0v) is 16.6. The fourth-order valence-corrected chi connectivity index (χ4v) is 4.29. The van der Waals surface area contributed by atoms with Gasteiger partial charge in [-0.25, -0.2) is 9.97 Å². The van der Waals surface area contributed by atoms with Gasteiger partial charge in [-0.15, -0.1) is 11.3 Å². The van der Waals surface area contributed by atoms with Gasteiger partial charge in [-0.05, 0) is 49.7 Å². The zero-order valence-electron chi connectivity index (χ0n) is 15.8.